The van der Waals surface area contributed by atoms with Gasteiger partial charge in [0.1, 0.15) is 5.75 Å². The van der Waals surface area contributed by atoms with E-state index in [0.717, 1.165) is 25.7 Å². The molecule has 2 fully saturated rings. The fraction of sp³-hybridized carbons (Fsp3) is 0.417. The highest BCUT2D eigenvalue weighted by Crippen LogP contribution is 2.22. The normalized spacial score (nSPS) is 17.6. The molecule has 2 aliphatic heterocycles. The molecule has 33 heavy (non-hydrogen) atoms. The summed E-state index contributed by atoms with van der Waals surface area (Å²) in [5.41, 5.74) is 0.430. The molecule has 2 aromatic carbocycles. The molecule has 0 radical (unpaired) electrons. The minimum absolute atomic E-state index is 0.218. The van der Waals surface area contributed by atoms with Crippen LogP contribution in [-0.2, 0) is 10.0 Å². The number of para-hydroxylation sites is 1. The van der Waals surface area contributed by atoms with Crippen molar-refractivity contribution in [2.75, 3.05) is 32.7 Å². The van der Waals surface area contributed by atoms with E-state index in [0.29, 0.717) is 44.0 Å². The number of hydrogen-bond donors (Lipinski definition) is 1. The molecule has 0 bridgehead atoms. The number of nitrogens with zero attached hydrogens (tertiary/aromatic N) is 2. The summed E-state index contributed by atoms with van der Waals surface area (Å²) in [6.45, 7) is 2.76. The first kappa shape index (κ1) is 23.3. The number of rotatable bonds is 6. The van der Waals surface area contributed by atoms with Gasteiger partial charge in [-0.2, -0.15) is 4.31 Å². The maximum atomic E-state index is 12.6. The smallest absolute Gasteiger partial charge is 0.410 e. The largest absolute Gasteiger partial charge is 0.415 e. The second kappa shape index (κ2) is 10.4. The molecule has 0 spiro atoms. The Kier molecular flexibility index (Phi) is 7.29. The van der Waals surface area contributed by atoms with E-state index < -0.39 is 10.0 Å². The van der Waals surface area contributed by atoms with Gasteiger partial charge in [-0.1, -0.05) is 18.2 Å². The van der Waals surface area contributed by atoms with Gasteiger partial charge in [0.15, 0.2) is 0 Å². The zero-order valence-electron chi connectivity index (χ0n) is 18.5. The van der Waals surface area contributed by atoms with Crippen LogP contribution in [0.2, 0.25) is 0 Å². The molecule has 0 atom stereocenters. The lowest BCUT2D eigenvalue weighted by Crippen LogP contribution is -2.42. The molecular weight excluding hydrogens is 442 g/mol. The van der Waals surface area contributed by atoms with Gasteiger partial charge in [-0.15, -0.1) is 0 Å². The van der Waals surface area contributed by atoms with Crippen LogP contribution in [0, 0.1) is 5.92 Å². The first-order chi connectivity index (χ1) is 15.9. The highest BCUT2D eigenvalue weighted by atomic mass is 32.2. The minimum Gasteiger partial charge on any atom is -0.410 e. The second-order valence-corrected chi connectivity index (χ2v) is 10.4. The predicted molar refractivity (Wildman–Crippen MR) is 124 cm³/mol. The van der Waals surface area contributed by atoms with E-state index in [1.165, 1.54) is 16.4 Å². The number of hydrogen-bond acceptors (Lipinski definition) is 5. The molecule has 9 heteroatoms. The summed E-state index contributed by atoms with van der Waals surface area (Å²) in [4.78, 5) is 26.7. The van der Waals surface area contributed by atoms with Crippen molar-refractivity contribution in [3.8, 4) is 5.75 Å². The highest BCUT2D eigenvalue weighted by molar-refractivity contribution is 7.89. The summed E-state index contributed by atoms with van der Waals surface area (Å²) >= 11 is 0. The van der Waals surface area contributed by atoms with Crippen molar-refractivity contribution in [3.63, 3.8) is 0 Å². The molecular formula is C24H29N3O5S. The Morgan fingerprint density at radius 1 is 0.909 bits per heavy atom. The molecule has 2 amide bonds. The summed E-state index contributed by atoms with van der Waals surface area (Å²) in [7, 11) is -3.48. The standard InChI is InChI=1S/C24H29N3O5S/c28-23(20-8-10-22(11-9-20)33(30,31)27-14-4-5-15-27)25-18-19-12-16-26(17-13-19)24(29)32-21-6-2-1-3-7-21/h1-3,6-11,19H,4-5,12-18H2,(H,25,28). The maximum absolute atomic E-state index is 12.6. The number of carbonyl (C=O) groups is 2. The molecule has 4 rings (SSSR count). The monoisotopic (exact) mass is 471 g/mol. The van der Waals surface area contributed by atoms with Crippen molar-refractivity contribution in [1.29, 1.82) is 0 Å². The summed E-state index contributed by atoms with van der Waals surface area (Å²) in [5.74, 6) is 0.562. The average Bonchev–Trinajstić information content (AvgIpc) is 3.40. The molecule has 176 valence electrons. The average molecular weight is 472 g/mol. The van der Waals surface area contributed by atoms with Crippen LogP contribution in [0.1, 0.15) is 36.0 Å². The number of sulfonamides is 1. The van der Waals surface area contributed by atoms with Crippen LogP contribution in [0.25, 0.3) is 0 Å². The molecule has 2 aromatic rings. The summed E-state index contributed by atoms with van der Waals surface area (Å²) in [6, 6.07) is 15.1. The van der Waals surface area contributed by atoms with Gasteiger partial charge in [0.25, 0.3) is 5.91 Å². The molecule has 2 saturated heterocycles. The van der Waals surface area contributed by atoms with E-state index in [-0.39, 0.29) is 22.8 Å². The van der Waals surface area contributed by atoms with Crippen molar-refractivity contribution < 1.29 is 22.7 Å². The van der Waals surface area contributed by atoms with Gasteiger partial charge in [-0.05, 0) is 68.0 Å². The molecule has 2 heterocycles. The molecule has 0 saturated carbocycles. The fourth-order valence-corrected chi connectivity index (χ4v) is 5.69. The molecule has 1 N–H and O–H groups in total. The Labute approximate surface area is 194 Å². The molecule has 0 aliphatic carbocycles. The van der Waals surface area contributed by atoms with Crippen LogP contribution in [0.5, 0.6) is 5.75 Å². The lowest BCUT2D eigenvalue weighted by molar-refractivity contribution is 0.0931. The van der Waals surface area contributed by atoms with Gasteiger partial charge in [0.2, 0.25) is 10.0 Å². The van der Waals surface area contributed by atoms with Crippen molar-refractivity contribution in [3.05, 3.63) is 60.2 Å². The van der Waals surface area contributed by atoms with Gasteiger partial charge in [-0.25, -0.2) is 13.2 Å². The SMILES string of the molecule is O=C(NCC1CCN(C(=O)Oc2ccccc2)CC1)c1ccc(S(=O)(=O)N2CCCC2)cc1. The molecule has 8 nitrogen and oxygen atoms in total. The fourth-order valence-electron chi connectivity index (χ4n) is 4.17. The third kappa shape index (κ3) is 5.72. The molecule has 0 unspecified atom stereocenters. The van der Waals surface area contributed by atoms with Gasteiger partial charge >= 0.3 is 6.09 Å². The van der Waals surface area contributed by atoms with Gasteiger partial charge in [-0.3, -0.25) is 4.79 Å². The van der Waals surface area contributed by atoms with Crippen LogP contribution < -0.4 is 10.1 Å². The number of carbonyl (C=O) groups excluding carboxylic acids is 2. The van der Waals surface area contributed by atoms with Crippen LogP contribution in [0.15, 0.2) is 59.5 Å². The van der Waals surface area contributed by atoms with Crippen LogP contribution >= 0.6 is 0 Å². The van der Waals surface area contributed by atoms with Crippen LogP contribution in [0.4, 0.5) is 4.79 Å². The van der Waals surface area contributed by atoms with Gasteiger partial charge < -0.3 is 15.0 Å². The Hall–Kier alpha value is -2.91. The van der Waals surface area contributed by atoms with E-state index in [2.05, 4.69) is 5.32 Å². The number of likely N-dealkylation sites (tertiary alicyclic amines) is 1. The van der Waals surface area contributed by atoms with E-state index in [1.54, 1.807) is 29.2 Å². The Bertz CT molecular complexity index is 1060. The van der Waals surface area contributed by atoms with Crippen molar-refractivity contribution >= 4 is 22.0 Å². The number of amides is 2. The van der Waals surface area contributed by atoms with Crippen LogP contribution in [0.3, 0.4) is 0 Å². The lowest BCUT2D eigenvalue weighted by atomic mass is 9.97. The number of nitrogens with one attached hydrogen (secondary N) is 1. The first-order valence-corrected chi connectivity index (χ1v) is 12.8. The lowest BCUT2D eigenvalue weighted by Gasteiger charge is -2.31. The highest BCUT2D eigenvalue weighted by Gasteiger charge is 2.27. The summed E-state index contributed by atoms with van der Waals surface area (Å²) < 4.78 is 32.1. The number of benzene rings is 2. The van der Waals surface area contributed by atoms with Crippen LogP contribution in [-0.4, -0.2) is 62.3 Å². The topological polar surface area (TPSA) is 96.0 Å². The maximum Gasteiger partial charge on any atom is 0.415 e. The molecule has 0 aromatic heterocycles. The van der Waals surface area contributed by atoms with E-state index in [9.17, 15) is 18.0 Å². The first-order valence-electron chi connectivity index (χ1n) is 11.3. The quantitative estimate of drug-likeness (QED) is 0.698. The van der Waals surface area contributed by atoms with Gasteiger partial charge in [0.05, 0.1) is 4.90 Å². The predicted octanol–water partition coefficient (Wildman–Crippen LogP) is 3.11. The number of ether oxygens (including phenoxy) is 1. The third-order valence-electron chi connectivity index (χ3n) is 6.19. The Morgan fingerprint density at radius 3 is 2.18 bits per heavy atom. The molecule has 2 aliphatic rings. The third-order valence-corrected chi connectivity index (χ3v) is 8.10. The summed E-state index contributed by atoms with van der Waals surface area (Å²) in [5, 5.41) is 2.93. The van der Waals surface area contributed by atoms with Gasteiger partial charge in [0, 0.05) is 38.3 Å². The zero-order chi connectivity index (χ0) is 23.3. The Balaban J connectivity index is 1.23. The van der Waals surface area contributed by atoms with Crippen molar-refractivity contribution in [1.82, 2.24) is 14.5 Å². The van der Waals surface area contributed by atoms with Crippen molar-refractivity contribution in [2.45, 2.75) is 30.6 Å². The van der Waals surface area contributed by atoms with E-state index in [4.69, 9.17) is 4.74 Å². The van der Waals surface area contributed by atoms with E-state index >= 15 is 0 Å². The second-order valence-electron chi connectivity index (χ2n) is 8.46. The number of piperidine rings is 1. The summed E-state index contributed by atoms with van der Waals surface area (Å²) in [6.07, 6.45) is 2.96. The van der Waals surface area contributed by atoms with E-state index in [1.807, 2.05) is 18.2 Å². The minimum atomic E-state index is -3.48. The zero-order valence-corrected chi connectivity index (χ0v) is 19.3. The Morgan fingerprint density at radius 2 is 1.55 bits per heavy atom. The van der Waals surface area contributed by atoms with Crippen molar-refractivity contribution in [2.24, 2.45) is 5.92 Å².